The number of amides is 1. The molecule has 0 aromatic heterocycles. The highest BCUT2D eigenvalue weighted by molar-refractivity contribution is 8.01. The van der Waals surface area contributed by atoms with Crippen molar-refractivity contribution in [2.45, 2.75) is 64.5 Å². The molecule has 0 spiro atoms. The summed E-state index contributed by atoms with van der Waals surface area (Å²) in [6, 6.07) is 0. The van der Waals surface area contributed by atoms with Gasteiger partial charge in [0, 0.05) is 12.5 Å². The molecule has 0 radical (unpaired) electrons. The highest BCUT2D eigenvalue weighted by atomic mass is 32.2. The van der Waals surface area contributed by atoms with Crippen molar-refractivity contribution in [1.29, 1.82) is 0 Å². The van der Waals surface area contributed by atoms with E-state index in [4.69, 9.17) is 12.7 Å². The van der Waals surface area contributed by atoms with Crippen LogP contribution in [0.15, 0.2) is 0 Å². The van der Waals surface area contributed by atoms with Crippen LogP contribution in [0.3, 0.4) is 0 Å². The normalized spacial score (nSPS) is 12.1. The Morgan fingerprint density at radius 2 is 1.43 bits per heavy atom. The minimum absolute atomic E-state index is 0.0438. The Labute approximate surface area is 185 Å². The maximum Gasteiger partial charge on any atom is 0.471 e. The van der Waals surface area contributed by atoms with Crippen LogP contribution >= 0.6 is 31.7 Å². The minimum Gasteiger partial charge on any atom is -0.464 e. The number of esters is 1. The zero-order valence-corrected chi connectivity index (χ0v) is 20.1. The van der Waals surface area contributed by atoms with E-state index in [1.54, 1.807) is 0 Å². The van der Waals surface area contributed by atoms with Crippen molar-refractivity contribution in [3.63, 3.8) is 0 Å². The highest BCUT2D eigenvalue weighted by Crippen LogP contribution is 2.54. The molecule has 0 aliphatic carbocycles. The first-order valence-corrected chi connectivity index (χ1v) is 13.7. The lowest BCUT2D eigenvalue weighted by Gasteiger charge is -2.25. The first-order valence-electron chi connectivity index (χ1n) is 9.65. The van der Waals surface area contributed by atoms with Crippen LogP contribution in [0.5, 0.6) is 0 Å². The third-order valence-corrected chi connectivity index (χ3v) is 7.53. The van der Waals surface area contributed by atoms with Crippen molar-refractivity contribution < 1.29 is 40.0 Å². The predicted octanol–water partition coefficient (Wildman–Crippen LogP) is 5.80. The van der Waals surface area contributed by atoms with E-state index in [0.717, 1.165) is 25.7 Å². The molecule has 30 heavy (non-hydrogen) atoms. The van der Waals surface area contributed by atoms with E-state index in [9.17, 15) is 27.3 Å². The number of carbonyl (C=O) groups is 2. The molecule has 178 valence electrons. The zero-order chi connectivity index (χ0) is 23.0. The van der Waals surface area contributed by atoms with Crippen LogP contribution in [-0.2, 0) is 26.8 Å². The lowest BCUT2D eigenvalue weighted by atomic mass is 10.1. The number of ether oxygens (including phenoxy) is 1. The number of hydrogen-bond acceptors (Lipinski definition) is 8. The van der Waals surface area contributed by atoms with Crippen LogP contribution in [0.25, 0.3) is 0 Å². The largest absolute Gasteiger partial charge is 0.471 e. The molecule has 0 heterocycles. The number of halogens is 3. The average molecular weight is 498 g/mol. The minimum atomic E-state index is -5.25. The fourth-order valence-electron chi connectivity index (χ4n) is 2.48. The van der Waals surface area contributed by atoms with Crippen LogP contribution < -0.4 is 0 Å². The molecule has 0 aliphatic rings. The molecule has 0 atom stereocenters. The second kappa shape index (κ2) is 16.2. The molecule has 0 saturated heterocycles. The summed E-state index contributed by atoms with van der Waals surface area (Å²) in [4.78, 5) is 23.7. The van der Waals surface area contributed by atoms with Crippen molar-refractivity contribution >= 4 is 43.6 Å². The molecule has 0 N–H and O–H groups in total. The van der Waals surface area contributed by atoms with Crippen LogP contribution in [-0.4, -0.2) is 54.9 Å². The van der Waals surface area contributed by atoms with Crippen LogP contribution in [0, 0.1) is 0 Å². The third-order valence-electron chi connectivity index (χ3n) is 3.83. The Kier molecular flexibility index (Phi) is 16.0. The van der Waals surface area contributed by atoms with E-state index in [2.05, 4.69) is 6.92 Å². The van der Waals surface area contributed by atoms with Gasteiger partial charge in [-0.15, -0.1) is 0 Å². The maximum atomic E-state index is 12.9. The van der Waals surface area contributed by atoms with Gasteiger partial charge in [-0.2, -0.15) is 13.2 Å². The number of hydrogen-bond donors (Lipinski definition) is 0. The number of rotatable bonds is 17. The maximum absolute atomic E-state index is 12.9. The molecular formula is C17H31F3NO6PS2. The quantitative estimate of drug-likeness (QED) is 0.108. The van der Waals surface area contributed by atoms with Crippen LogP contribution in [0.1, 0.15) is 58.3 Å². The van der Waals surface area contributed by atoms with Crippen LogP contribution in [0.4, 0.5) is 13.2 Å². The van der Waals surface area contributed by atoms with Crippen molar-refractivity contribution in [2.24, 2.45) is 0 Å². The standard InChI is InChI=1S/C17H31F3NO6PS2/c1-4-5-6-7-8-9-10-11-12-25-15(22)13-21(16(23)17(18,19)20)14-28(24,26-29-2)27-30-3/h4-14H2,1-3H3. The topological polar surface area (TPSA) is 82.1 Å². The summed E-state index contributed by atoms with van der Waals surface area (Å²) in [7, 11) is -4.08. The van der Waals surface area contributed by atoms with Gasteiger partial charge in [0.2, 0.25) is 0 Å². The molecule has 1 amide bonds. The Morgan fingerprint density at radius 1 is 0.933 bits per heavy atom. The average Bonchev–Trinajstić information content (AvgIpc) is 2.65. The van der Waals surface area contributed by atoms with Gasteiger partial charge in [0.25, 0.3) is 0 Å². The smallest absolute Gasteiger partial charge is 0.464 e. The molecule has 13 heteroatoms. The van der Waals surface area contributed by atoms with Gasteiger partial charge < -0.3 is 9.64 Å². The second-order valence-corrected chi connectivity index (χ2v) is 9.79. The second-order valence-electron chi connectivity index (χ2n) is 6.43. The summed E-state index contributed by atoms with van der Waals surface area (Å²) in [5.41, 5.74) is 0. The summed E-state index contributed by atoms with van der Waals surface area (Å²) >= 11 is 1.24. The molecule has 0 saturated carbocycles. The number of carbonyl (C=O) groups excluding carboxylic acids is 2. The molecule has 0 aromatic rings. The summed E-state index contributed by atoms with van der Waals surface area (Å²) in [5.74, 6) is -3.34. The SMILES string of the molecule is CCCCCCCCCCOC(=O)CN(CP(=O)(OSC)OSC)C(=O)C(F)(F)F. The van der Waals surface area contributed by atoms with E-state index >= 15 is 0 Å². The van der Waals surface area contributed by atoms with Gasteiger partial charge in [-0.3, -0.25) is 14.2 Å². The Hall–Kier alpha value is -0.420. The van der Waals surface area contributed by atoms with Crippen molar-refractivity contribution in [3.05, 3.63) is 0 Å². The van der Waals surface area contributed by atoms with Gasteiger partial charge in [-0.1, -0.05) is 51.9 Å². The first-order chi connectivity index (χ1) is 14.1. The lowest BCUT2D eigenvalue weighted by Crippen LogP contribution is -2.44. The molecular weight excluding hydrogens is 466 g/mol. The fraction of sp³-hybridized carbons (Fsp3) is 0.882. The summed E-state index contributed by atoms with van der Waals surface area (Å²) in [6.45, 7) is 1.18. The molecule has 0 bridgehead atoms. The van der Waals surface area contributed by atoms with E-state index in [1.165, 1.54) is 31.8 Å². The highest BCUT2D eigenvalue weighted by Gasteiger charge is 2.46. The number of alkyl halides is 3. The third kappa shape index (κ3) is 13.8. The first kappa shape index (κ1) is 29.6. The number of nitrogens with zero attached hydrogens (tertiary/aromatic N) is 1. The van der Waals surface area contributed by atoms with Gasteiger partial charge in [0.15, 0.2) is 0 Å². The van der Waals surface area contributed by atoms with E-state index in [0.29, 0.717) is 30.5 Å². The van der Waals surface area contributed by atoms with E-state index in [-0.39, 0.29) is 11.5 Å². The van der Waals surface area contributed by atoms with Gasteiger partial charge >= 0.3 is 25.6 Å². The molecule has 0 aromatic carbocycles. The molecule has 7 nitrogen and oxygen atoms in total. The van der Waals surface area contributed by atoms with E-state index < -0.39 is 38.5 Å². The van der Waals surface area contributed by atoms with Crippen molar-refractivity contribution in [3.8, 4) is 0 Å². The number of unbranched alkanes of at least 4 members (excludes halogenated alkanes) is 7. The van der Waals surface area contributed by atoms with Gasteiger partial charge in [-0.05, 0) is 30.5 Å². The summed E-state index contributed by atoms with van der Waals surface area (Å²) in [6.07, 6.45) is 4.73. The molecule has 0 unspecified atom stereocenters. The van der Waals surface area contributed by atoms with Crippen molar-refractivity contribution in [1.82, 2.24) is 4.90 Å². The van der Waals surface area contributed by atoms with Crippen molar-refractivity contribution in [2.75, 3.05) is 31.9 Å². The van der Waals surface area contributed by atoms with Gasteiger partial charge in [0.1, 0.15) is 12.8 Å². The lowest BCUT2D eigenvalue weighted by molar-refractivity contribution is -0.186. The Balaban J connectivity index is 4.61. The summed E-state index contributed by atoms with van der Waals surface area (Å²) < 4.78 is 65.7. The summed E-state index contributed by atoms with van der Waals surface area (Å²) in [5, 5.41) is 0. The fourth-order valence-corrected chi connectivity index (χ4v) is 5.65. The zero-order valence-electron chi connectivity index (χ0n) is 17.6. The van der Waals surface area contributed by atoms with Gasteiger partial charge in [0.05, 0.1) is 6.61 Å². The molecule has 0 aliphatic heterocycles. The van der Waals surface area contributed by atoms with Gasteiger partial charge in [-0.25, -0.2) is 7.94 Å². The Morgan fingerprint density at radius 3 is 1.90 bits per heavy atom. The molecule has 0 fully saturated rings. The monoisotopic (exact) mass is 497 g/mol. The van der Waals surface area contributed by atoms with Crippen LogP contribution in [0.2, 0.25) is 0 Å². The van der Waals surface area contributed by atoms with E-state index in [1.807, 2.05) is 0 Å². The molecule has 0 rings (SSSR count). The Bertz CT molecular complexity index is 544. The predicted molar refractivity (Wildman–Crippen MR) is 113 cm³/mol.